The van der Waals surface area contributed by atoms with Crippen LogP contribution in [-0.2, 0) is 4.74 Å². The zero-order chi connectivity index (χ0) is 13.0. The molecule has 0 spiro atoms. The number of hydrogen-bond donors (Lipinski definition) is 2. The van der Waals surface area contributed by atoms with Gasteiger partial charge in [-0.25, -0.2) is 0 Å². The van der Waals surface area contributed by atoms with Crippen molar-refractivity contribution in [3.63, 3.8) is 0 Å². The van der Waals surface area contributed by atoms with Crippen LogP contribution >= 0.6 is 15.9 Å². The Balaban J connectivity index is 1.85. The third-order valence-electron chi connectivity index (χ3n) is 2.98. The molecule has 1 saturated heterocycles. The topological polar surface area (TPSA) is 58.6 Å². The smallest absolute Gasteiger partial charge is 0.255 e. The summed E-state index contributed by atoms with van der Waals surface area (Å²) in [4.78, 5) is 11.9. The number of nitrogens with one attached hydrogen (secondary N) is 1. The monoisotopic (exact) mass is 313 g/mol. The molecule has 98 valence electrons. The van der Waals surface area contributed by atoms with E-state index in [1.165, 1.54) is 6.07 Å². The molecule has 18 heavy (non-hydrogen) atoms. The standard InChI is InChI=1S/C13H16BrNO3/c14-9-3-4-12(16)11(8-9)13(17)15-6-5-10-2-1-7-18-10/h3-4,8,10,16H,1-2,5-7H2,(H,15,17). The molecule has 1 amide bonds. The second kappa shape index (κ2) is 6.20. The minimum absolute atomic E-state index is 0.00665. The Morgan fingerprint density at radius 1 is 1.56 bits per heavy atom. The molecule has 5 heteroatoms. The highest BCUT2D eigenvalue weighted by Crippen LogP contribution is 2.21. The van der Waals surface area contributed by atoms with Crippen molar-refractivity contribution < 1.29 is 14.6 Å². The second-order valence-electron chi connectivity index (χ2n) is 4.34. The van der Waals surface area contributed by atoms with Crippen LogP contribution in [0.1, 0.15) is 29.6 Å². The van der Waals surface area contributed by atoms with Gasteiger partial charge in [0.25, 0.3) is 5.91 Å². The zero-order valence-corrected chi connectivity index (χ0v) is 11.6. The summed E-state index contributed by atoms with van der Waals surface area (Å²) in [5.41, 5.74) is 0.289. The maximum atomic E-state index is 11.9. The molecule has 2 N–H and O–H groups in total. The fourth-order valence-corrected chi connectivity index (χ4v) is 2.37. The van der Waals surface area contributed by atoms with Crippen LogP contribution in [0.4, 0.5) is 0 Å². The zero-order valence-electron chi connectivity index (χ0n) is 9.99. The predicted molar refractivity (Wildman–Crippen MR) is 71.7 cm³/mol. The van der Waals surface area contributed by atoms with Crippen molar-refractivity contribution in [3.05, 3.63) is 28.2 Å². The summed E-state index contributed by atoms with van der Waals surface area (Å²) < 4.78 is 6.24. The van der Waals surface area contributed by atoms with E-state index < -0.39 is 0 Å². The Morgan fingerprint density at radius 2 is 2.39 bits per heavy atom. The maximum Gasteiger partial charge on any atom is 0.255 e. The molecule has 2 rings (SSSR count). The van der Waals surface area contributed by atoms with E-state index in [1.54, 1.807) is 12.1 Å². The Labute approximate surface area is 114 Å². The number of amides is 1. The van der Waals surface area contributed by atoms with Gasteiger partial charge in [-0.1, -0.05) is 15.9 Å². The summed E-state index contributed by atoms with van der Waals surface area (Å²) in [7, 11) is 0. The lowest BCUT2D eigenvalue weighted by Gasteiger charge is -2.10. The molecule has 1 aromatic rings. The van der Waals surface area contributed by atoms with Crippen molar-refractivity contribution in [3.8, 4) is 5.75 Å². The number of aromatic hydroxyl groups is 1. The van der Waals surface area contributed by atoms with Crippen molar-refractivity contribution in [1.29, 1.82) is 0 Å². The minimum atomic E-state index is -0.258. The van der Waals surface area contributed by atoms with Crippen LogP contribution in [0.15, 0.2) is 22.7 Å². The predicted octanol–water partition coefficient (Wildman–Crippen LogP) is 2.45. The molecule has 1 aliphatic heterocycles. The van der Waals surface area contributed by atoms with Gasteiger partial charge in [0.05, 0.1) is 11.7 Å². The first kappa shape index (κ1) is 13.4. The highest BCUT2D eigenvalue weighted by atomic mass is 79.9. The molecule has 1 aromatic carbocycles. The third kappa shape index (κ3) is 3.46. The van der Waals surface area contributed by atoms with Crippen LogP contribution in [-0.4, -0.2) is 30.3 Å². The van der Waals surface area contributed by atoms with Crippen molar-refractivity contribution in [2.75, 3.05) is 13.2 Å². The maximum absolute atomic E-state index is 11.9. The number of carbonyl (C=O) groups is 1. The number of rotatable bonds is 4. The van der Waals surface area contributed by atoms with Crippen molar-refractivity contribution in [1.82, 2.24) is 5.32 Å². The highest BCUT2D eigenvalue weighted by Gasteiger charge is 2.16. The van der Waals surface area contributed by atoms with E-state index in [0.717, 1.165) is 30.3 Å². The van der Waals surface area contributed by atoms with Gasteiger partial charge < -0.3 is 15.2 Å². The molecule has 1 heterocycles. The molecule has 0 aromatic heterocycles. The first-order valence-electron chi connectivity index (χ1n) is 6.05. The molecule has 1 unspecified atom stereocenters. The fraction of sp³-hybridized carbons (Fsp3) is 0.462. The molecule has 4 nitrogen and oxygen atoms in total. The Hall–Kier alpha value is -1.07. The summed E-state index contributed by atoms with van der Waals surface area (Å²) in [6.07, 6.45) is 3.25. The lowest BCUT2D eigenvalue weighted by molar-refractivity contribution is 0.0905. The van der Waals surface area contributed by atoms with E-state index in [9.17, 15) is 9.90 Å². The number of phenolic OH excluding ortho intramolecular Hbond substituents is 1. The van der Waals surface area contributed by atoms with E-state index in [4.69, 9.17) is 4.74 Å². The molecule has 0 radical (unpaired) electrons. The number of phenols is 1. The largest absolute Gasteiger partial charge is 0.507 e. The summed E-state index contributed by atoms with van der Waals surface area (Å²) >= 11 is 3.28. The van der Waals surface area contributed by atoms with E-state index in [-0.39, 0.29) is 23.3 Å². The third-order valence-corrected chi connectivity index (χ3v) is 3.47. The molecule has 1 fully saturated rings. The molecule has 0 bridgehead atoms. The Bertz CT molecular complexity index is 430. The highest BCUT2D eigenvalue weighted by molar-refractivity contribution is 9.10. The quantitative estimate of drug-likeness (QED) is 0.897. The molecular formula is C13H16BrNO3. The molecule has 0 aliphatic carbocycles. The number of benzene rings is 1. The Kier molecular flexibility index (Phi) is 4.60. The van der Waals surface area contributed by atoms with E-state index in [1.807, 2.05) is 0 Å². The van der Waals surface area contributed by atoms with E-state index in [0.29, 0.717) is 6.54 Å². The van der Waals surface area contributed by atoms with Gasteiger partial charge in [0.1, 0.15) is 5.75 Å². The SMILES string of the molecule is O=C(NCCC1CCCO1)c1cc(Br)ccc1O. The summed E-state index contributed by atoms with van der Waals surface area (Å²) in [6, 6.07) is 4.80. The van der Waals surface area contributed by atoms with E-state index in [2.05, 4.69) is 21.2 Å². The first-order valence-corrected chi connectivity index (χ1v) is 6.84. The number of ether oxygens (including phenoxy) is 1. The van der Waals surface area contributed by atoms with Crippen LogP contribution in [0.25, 0.3) is 0 Å². The van der Waals surface area contributed by atoms with Crippen LogP contribution < -0.4 is 5.32 Å². The second-order valence-corrected chi connectivity index (χ2v) is 5.26. The number of carbonyl (C=O) groups excluding carboxylic acids is 1. The first-order chi connectivity index (χ1) is 8.66. The fourth-order valence-electron chi connectivity index (χ4n) is 2.00. The Morgan fingerprint density at radius 3 is 3.11 bits per heavy atom. The van der Waals surface area contributed by atoms with Gasteiger partial charge in [0, 0.05) is 17.6 Å². The van der Waals surface area contributed by atoms with Crippen LogP contribution in [0.5, 0.6) is 5.75 Å². The number of hydrogen-bond acceptors (Lipinski definition) is 3. The van der Waals surface area contributed by atoms with Crippen molar-refractivity contribution in [2.24, 2.45) is 0 Å². The van der Waals surface area contributed by atoms with Crippen molar-refractivity contribution in [2.45, 2.75) is 25.4 Å². The summed E-state index contributed by atoms with van der Waals surface area (Å²) in [5, 5.41) is 12.4. The molecule has 1 atom stereocenters. The number of halogens is 1. The van der Waals surface area contributed by atoms with Crippen molar-refractivity contribution >= 4 is 21.8 Å². The molecular weight excluding hydrogens is 298 g/mol. The van der Waals surface area contributed by atoms with Crippen LogP contribution in [0.3, 0.4) is 0 Å². The van der Waals surface area contributed by atoms with Gasteiger partial charge in [0.2, 0.25) is 0 Å². The van der Waals surface area contributed by atoms with Gasteiger partial charge in [-0.3, -0.25) is 4.79 Å². The lowest BCUT2D eigenvalue weighted by Crippen LogP contribution is -2.27. The average Bonchev–Trinajstić information content (AvgIpc) is 2.85. The minimum Gasteiger partial charge on any atom is -0.507 e. The van der Waals surface area contributed by atoms with Gasteiger partial charge in [-0.15, -0.1) is 0 Å². The van der Waals surface area contributed by atoms with Gasteiger partial charge in [-0.05, 0) is 37.5 Å². The van der Waals surface area contributed by atoms with Crippen LogP contribution in [0, 0.1) is 0 Å². The molecule has 0 saturated carbocycles. The lowest BCUT2D eigenvalue weighted by atomic mass is 10.1. The van der Waals surface area contributed by atoms with Crippen LogP contribution in [0.2, 0.25) is 0 Å². The average molecular weight is 314 g/mol. The van der Waals surface area contributed by atoms with Gasteiger partial charge >= 0.3 is 0 Å². The summed E-state index contributed by atoms with van der Waals surface area (Å²) in [5.74, 6) is -0.264. The summed E-state index contributed by atoms with van der Waals surface area (Å²) in [6.45, 7) is 1.39. The normalized spacial score (nSPS) is 18.8. The molecule has 1 aliphatic rings. The van der Waals surface area contributed by atoms with Gasteiger partial charge in [-0.2, -0.15) is 0 Å². The van der Waals surface area contributed by atoms with Gasteiger partial charge in [0.15, 0.2) is 0 Å². The van der Waals surface area contributed by atoms with E-state index >= 15 is 0 Å².